The molecule has 0 amide bonds. The molecule has 2 fully saturated rings. The number of morpholine rings is 1. The van der Waals surface area contributed by atoms with Gasteiger partial charge in [-0.1, -0.05) is 5.21 Å². The zero-order chi connectivity index (χ0) is 24.7. The molecular weight excluding hydrogens is 468 g/mol. The average molecular weight is 490 g/mol. The number of hydrogen-bond acceptors (Lipinski definition) is 12. The number of ether oxygens (including phenoxy) is 2. The Morgan fingerprint density at radius 1 is 1.06 bits per heavy atom. The number of carboxylic acid groups (broad SMARTS) is 1. The maximum absolute atomic E-state index is 13.5. The number of carboxylic acids is 1. The molecule has 16 nitrogen and oxygen atoms in total. The third kappa shape index (κ3) is 4.06. The van der Waals surface area contributed by atoms with Gasteiger partial charge in [-0.3, -0.25) is 4.79 Å². The van der Waals surface area contributed by atoms with Gasteiger partial charge in [-0.25, -0.2) is 24.1 Å². The van der Waals surface area contributed by atoms with E-state index in [4.69, 9.17) is 9.47 Å². The van der Waals surface area contributed by atoms with Crippen molar-refractivity contribution in [3.8, 4) is 11.5 Å². The molecule has 35 heavy (non-hydrogen) atoms. The summed E-state index contributed by atoms with van der Waals surface area (Å²) in [5.74, 6) is -0.951. The van der Waals surface area contributed by atoms with Crippen molar-refractivity contribution in [3.05, 3.63) is 41.3 Å². The number of aliphatic carboxylic acids is 1. The molecule has 2 aliphatic heterocycles. The molecule has 0 aromatic carbocycles. The normalized spacial score (nSPS) is 27.2. The second kappa shape index (κ2) is 9.16. The topological polar surface area (TPSA) is 203 Å². The van der Waals surface area contributed by atoms with Gasteiger partial charge in [-0.15, -0.1) is 5.10 Å². The van der Waals surface area contributed by atoms with Crippen molar-refractivity contribution in [2.24, 2.45) is 0 Å². The van der Waals surface area contributed by atoms with Crippen molar-refractivity contribution in [3.63, 3.8) is 0 Å². The van der Waals surface area contributed by atoms with E-state index in [0.717, 1.165) is 9.36 Å². The van der Waals surface area contributed by atoms with E-state index in [1.165, 1.54) is 29.6 Å². The number of rotatable bonds is 5. The summed E-state index contributed by atoms with van der Waals surface area (Å²) in [5.41, 5.74) is -0.664. The Morgan fingerprint density at radius 2 is 1.80 bits per heavy atom. The molecule has 2 saturated heterocycles. The monoisotopic (exact) mass is 490 g/mol. The summed E-state index contributed by atoms with van der Waals surface area (Å²) in [5, 5.41) is 48.0. The van der Waals surface area contributed by atoms with Crippen LogP contribution in [0.2, 0.25) is 0 Å². The Bertz CT molecular complexity index is 1250. The van der Waals surface area contributed by atoms with Crippen LogP contribution in [0.4, 0.5) is 5.82 Å². The van der Waals surface area contributed by atoms with Gasteiger partial charge in [0, 0.05) is 19.2 Å². The molecule has 0 aliphatic carbocycles. The number of carbonyl (C=O) groups is 1. The Balaban J connectivity index is 1.64. The highest BCUT2D eigenvalue weighted by Gasteiger charge is 2.48. The fraction of sp³-hybridized carbons (Fsp3) is 0.474. The van der Waals surface area contributed by atoms with E-state index >= 15 is 0 Å². The van der Waals surface area contributed by atoms with Crippen LogP contribution in [0.25, 0.3) is 11.5 Å². The molecule has 5 heterocycles. The van der Waals surface area contributed by atoms with E-state index in [9.17, 15) is 30.0 Å². The first-order valence-corrected chi connectivity index (χ1v) is 10.6. The summed E-state index contributed by atoms with van der Waals surface area (Å²) in [6, 6.07) is 1.55. The smallest absolute Gasteiger partial charge is 0.335 e. The molecule has 3 aromatic heterocycles. The fourth-order valence-corrected chi connectivity index (χ4v) is 4.06. The third-order valence-electron chi connectivity index (χ3n) is 5.85. The van der Waals surface area contributed by atoms with Gasteiger partial charge in [0.15, 0.2) is 23.8 Å². The molecule has 0 bridgehead atoms. The van der Waals surface area contributed by atoms with Crippen molar-refractivity contribution in [2.45, 2.75) is 30.6 Å². The number of hydrogen-bond donors (Lipinski definition) is 4. The van der Waals surface area contributed by atoms with E-state index in [0.29, 0.717) is 32.1 Å². The highest BCUT2D eigenvalue weighted by molar-refractivity contribution is 5.73. The Labute approximate surface area is 196 Å². The first-order valence-electron chi connectivity index (χ1n) is 10.6. The molecular formula is C19H22N8O8. The van der Waals surface area contributed by atoms with Crippen LogP contribution in [0, 0.1) is 0 Å². The zero-order valence-corrected chi connectivity index (χ0v) is 18.1. The lowest BCUT2D eigenvalue weighted by molar-refractivity contribution is -0.250. The minimum absolute atomic E-state index is 0.0164. The van der Waals surface area contributed by atoms with Crippen LogP contribution in [0.3, 0.4) is 0 Å². The van der Waals surface area contributed by atoms with Crippen molar-refractivity contribution < 1.29 is 34.7 Å². The Hall–Kier alpha value is -3.70. The molecule has 3 aromatic rings. The van der Waals surface area contributed by atoms with Gasteiger partial charge in [-0.05, 0) is 0 Å². The van der Waals surface area contributed by atoms with Crippen LogP contribution in [0.1, 0.15) is 6.23 Å². The Kier molecular flexibility index (Phi) is 6.03. The standard InChI is InChI=1S/C19H22N8O8/c28-13-14(29)16(19(32)33)35-18(15(13)30)26-8-10(25-2-1-22-23-25)17(31)27(26)12-7-11(20-9-21-12)24-3-5-34-6-4-24/h1-2,7-9,13-16,18,28-30H,3-6H2,(H,32,33)/t13-,14-,15+,16-,18+/m0/s1. The second-order valence-corrected chi connectivity index (χ2v) is 7.95. The number of aromatic nitrogens is 7. The highest BCUT2D eigenvalue weighted by Crippen LogP contribution is 2.30. The minimum atomic E-state index is -1.89. The summed E-state index contributed by atoms with van der Waals surface area (Å²) in [4.78, 5) is 35.5. The molecule has 186 valence electrons. The summed E-state index contributed by atoms with van der Waals surface area (Å²) in [6.45, 7) is 2.16. The molecule has 0 unspecified atom stereocenters. The van der Waals surface area contributed by atoms with Gasteiger partial charge in [-0.2, -0.15) is 4.68 Å². The van der Waals surface area contributed by atoms with Crippen molar-refractivity contribution in [1.29, 1.82) is 0 Å². The van der Waals surface area contributed by atoms with E-state index in [2.05, 4.69) is 20.3 Å². The number of anilines is 1. The first kappa shape index (κ1) is 23.1. The number of aliphatic hydroxyl groups excluding tert-OH is 3. The summed E-state index contributed by atoms with van der Waals surface area (Å²) in [6.07, 6.45) is -3.71. The van der Waals surface area contributed by atoms with Crippen LogP contribution in [0.5, 0.6) is 0 Å². The van der Waals surface area contributed by atoms with Crippen molar-refractivity contribution in [2.75, 3.05) is 31.2 Å². The lowest BCUT2D eigenvalue weighted by Gasteiger charge is -2.39. The van der Waals surface area contributed by atoms with Crippen molar-refractivity contribution in [1.82, 2.24) is 34.3 Å². The second-order valence-electron chi connectivity index (χ2n) is 7.95. The molecule has 4 N–H and O–H groups in total. The molecule has 5 atom stereocenters. The molecule has 5 rings (SSSR count). The van der Waals surface area contributed by atoms with E-state index < -0.39 is 42.2 Å². The molecule has 0 saturated carbocycles. The van der Waals surface area contributed by atoms with E-state index in [1.54, 1.807) is 6.07 Å². The van der Waals surface area contributed by atoms with Crippen LogP contribution in [0.15, 0.2) is 35.8 Å². The molecule has 16 heteroatoms. The van der Waals surface area contributed by atoms with Gasteiger partial charge < -0.3 is 34.8 Å². The molecule has 0 spiro atoms. The summed E-state index contributed by atoms with van der Waals surface area (Å²) >= 11 is 0. The van der Waals surface area contributed by atoms with E-state index in [1.807, 2.05) is 4.90 Å². The largest absolute Gasteiger partial charge is 0.479 e. The lowest BCUT2D eigenvalue weighted by Crippen LogP contribution is -2.58. The number of aliphatic hydroxyl groups is 3. The summed E-state index contributed by atoms with van der Waals surface area (Å²) < 4.78 is 14.1. The zero-order valence-electron chi connectivity index (χ0n) is 18.1. The van der Waals surface area contributed by atoms with Gasteiger partial charge in [0.05, 0.1) is 31.8 Å². The molecule has 0 radical (unpaired) electrons. The highest BCUT2D eigenvalue weighted by atomic mass is 16.6. The average Bonchev–Trinajstić information content (AvgIpc) is 3.51. The quantitative estimate of drug-likeness (QED) is 0.280. The van der Waals surface area contributed by atoms with Crippen LogP contribution < -0.4 is 10.5 Å². The lowest BCUT2D eigenvalue weighted by atomic mass is 9.98. The van der Waals surface area contributed by atoms with Crippen molar-refractivity contribution >= 4 is 11.8 Å². The summed E-state index contributed by atoms with van der Waals surface area (Å²) in [7, 11) is 0. The van der Waals surface area contributed by atoms with Crippen LogP contribution in [-0.4, -0.2) is 111 Å². The fourth-order valence-electron chi connectivity index (χ4n) is 4.06. The molecule has 2 aliphatic rings. The van der Waals surface area contributed by atoms with E-state index in [-0.39, 0.29) is 11.5 Å². The maximum Gasteiger partial charge on any atom is 0.335 e. The maximum atomic E-state index is 13.5. The first-order chi connectivity index (χ1) is 16.9. The van der Waals surface area contributed by atoms with Crippen LogP contribution >= 0.6 is 0 Å². The SMILES string of the molecule is O=C(O)[C@H]1O[C@@H](n2cc(-n3ccnn3)c(=O)n2-c2cc(N3CCOCC3)ncn2)[C@H](O)[C@@H](O)[C@@H]1O. The van der Waals surface area contributed by atoms with Gasteiger partial charge in [0.1, 0.15) is 30.5 Å². The van der Waals surface area contributed by atoms with Gasteiger partial charge in [0.2, 0.25) is 0 Å². The van der Waals surface area contributed by atoms with Gasteiger partial charge in [0.25, 0.3) is 5.56 Å². The third-order valence-corrected chi connectivity index (χ3v) is 5.85. The Morgan fingerprint density at radius 3 is 2.49 bits per heavy atom. The predicted molar refractivity (Wildman–Crippen MR) is 113 cm³/mol. The van der Waals surface area contributed by atoms with Crippen LogP contribution in [-0.2, 0) is 14.3 Å². The van der Waals surface area contributed by atoms with Gasteiger partial charge >= 0.3 is 5.97 Å². The number of nitrogens with zero attached hydrogens (tertiary/aromatic N) is 8. The minimum Gasteiger partial charge on any atom is -0.479 e. The predicted octanol–water partition coefficient (Wildman–Crippen LogP) is -3.09.